The molecular weight excluding hydrogens is 450 g/mol. The molecule has 4 amide bonds. The summed E-state index contributed by atoms with van der Waals surface area (Å²) >= 11 is 0. The molecule has 9 heteroatoms. The van der Waals surface area contributed by atoms with Crippen LogP contribution in [-0.4, -0.2) is 49.0 Å². The summed E-state index contributed by atoms with van der Waals surface area (Å²) in [7, 11) is 1.51. The monoisotopic (exact) mass is 473 g/mol. The van der Waals surface area contributed by atoms with Crippen LogP contribution in [0.15, 0.2) is 72.8 Å². The standard InChI is InChI=1S/C26H23N3O6/c1-34-12-13-35-26(33)28-20-9-5-8-19(15-20)27-23(30)18-7-4-6-17(14-18)16-29-24(31)21-10-2-3-11-22(21)25(29)32/h2-11,14-15H,12-13,16H2,1H3,(H,27,30)(H,28,33). The number of benzene rings is 3. The zero-order valence-electron chi connectivity index (χ0n) is 18.9. The molecule has 0 unspecified atom stereocenters. The van der Waals surface area contributed by atoms with Crippen LogP contribution in [0.3, 0.4) is 0 Å². The maximum atomic E-state index is 12.8. The molecule has 0 bridgehead atoms. The molecule has 1 aliphatic heterocycles. The Morgan fingerprint density at radius 2 is 1.46 bits per heavy atom. The number of anilines is 2. The smallest absolute Gasteiger partial charge is 0.411 e. The highest BCUT2D eigenvalue weighted by molar-refractivity contribution is 6.21. The van der Waals surface area contributed by atoms with Crippen LogP contribution in [0.4, 0.5) is 16.2 Å². The number of ether oxygens (including phenoxy) is 2. The molecule has 0 saturated carbocycles. The average Bonchev–Trinajstić information content (AvgIpc) is 3.09. The van der Waals surface area contributed by atoms with Crippen LogP contribution < -0.4 is 10.6 Å². The molecule has 2 N–H and O–H groups in total. The third kappa shape index (κ3) is 5.53. The van der Waals surface area contributed by atoms with E-state index in [1.807, 2.05) is 0 Å². The first kappa shape index (κ1) is 23.7. The number of imide groups is 1. The van der Waals surface area contributed by atoms with Gasteiger partial charge in [-0.2, -0.15) is 0 Å². The van der Waals surface area contributed by atoms with Crippen LogP contribution in [0.25, 0.3) is 0 Å². The highest BCUT2D eigenvalue weighted by atomic mass is 16.6. The van der Waals surface area contributed by atoms with Crippen molar-refractivity contribution in [1.82, 2.24) is 4.90 Å². The number of methoxy groups -OCH3 is 1. The van der Waals surface area contributed by atoms with Gasteiger partial charge in [-0.05, 0) is 48.0 Å². The first-order valence-electron chi connectivity index (χ1n) is 10.8. The van der Waals surface area contributed by atoms with Gasteiger partial charge in [-0.15, -0.1) is 0 Å². The van der Waals surface area contributed by atoms with Gasteiger partial charge in [0.1, 0.15) is 6.61 Å². The number of nitrogens with one attached hydrogen (secondary N) is 2. The molecule has 3 aromatic carbocycles. The van der Waals surface area contributed by atoms with Crippen LogP contribution in [-0.2, 0) is 16.0 Å². The number of hydrogen-bond acceptors (Lipinski definition) is 6. The number of carbonyl (C=O) groups excluding carboxylic acids is 4. The molecule has 0 atom stereocenters. The Labute approximate surface area is 201 Å². The van der Waals surface area contributed by atoms with Crippen molar-refractivity contribution < 1.29 is 28.7 Å². The van der Waals surface area contributed by atoms with E-state index < -0.39 is 6.09 Å². The summed E-state index contributed by atoms with van der Waals surface area (Å²) in [5.41, 5.74) is 2.67. The predicted octanol–water partition coefficient (Wildman–Crippen LogP) is 3.93. The third-order valence-corrected chi connectivity index (χ3v) is 5.30. The second-order valence-electron chi connectivity index (χ2n) is 7.73. The van der Waals surface area contributed by atoms with Crippen LogP contribution in [0.2, 0.25) is 0 Å². The number of amides is 4. The van der Waals surface area contributed by atoms with E-state index in [1.165, 1.54) is 12.0 Å². The van der Waals surface area contributed by atoms with Gasteiger partial charge in [-0.3, -0.25) is 24.6 Å². The van der Waals surface area contributed by atoms with Gasteiger partial charge in [-0.25, -0.2) is 4.79 Å². The summed E-state index contributed by atoms with van der Waals surface area (Å²) in [4.78, 5) is 51.1. The van der Waals surface area contributed by atoms with E-state index in [0.717, 1.165) is 0 Å². The summed E-state index contributed by atoms with van der Waals surface area (Å²) in [5.74, 6) is -1.09. The molecular formula is C26H23N3O6. The van der Waals surface area contributed by atoms with E-state index in [2.05, 4.69) is 10.6 Å². The quantitative estimate of drug-likeness (QED) is 0.379. The average molecular weight is 473 g/mol. The minimum absolute atomic E-state index is 0.0536. The number of carbonyl (C=O) groups is 4. The molecule has 9 nitrogen and oxygen atoms in total. The lowest BCUT2D eigenvalue weighted by Crippen LogP contribution is -2.29. The maximum absolute atomic E-state index is 12.8. The van der Waals surface area contributed by atoms with Gasteiger partial charge in [0.15, 0.2) is 0 Å². The van der Waals surface area contributed by atoms with Crippen molar-refractivity contribution in [3.05, 3.63) is 95.1 Å². The van der Waals surface area contributed by atoms with E-state index >= 15 is 0 Å². The summed E-state index contributed by atoms with van der Waals surface area (Å²) in [6.45, 7) is 0.462. The highest BCUT2D eigenvalue weighted by Crippen LogP contribution is 2.24. The summed E-state index contributed by atoms with van der Waals surface area (Å²) in [5, 5.41) is 5.36. The molecule has 0 spiro atoms. The van der Waals surface area contributed by atoms with Crippen molar-refractivity contribution in [3.63, 3.8) is 0 Å². The fourth-order valence-electron chi connectivity index (χ4n) is 3.63. The van der Waals surface area contributed by atoms with Crippen LogP contribution in [0, 0.1) is 0 Å². The van der Waals surface area contributed by atoms with Crippen LogP contribution >= 0.6 is 0 Å². The molecule has 4 rings (SSSR count). The minimum Gasteiger partial charge on any atom is -0.447 e. The zero-order valence-corrected chi connectivity index (χ0v) is 18.9. The topological polar surface area (TPSA) is 114 Å². The molecule has 3 aromatic rings. The van der Waals surface area contributed by atoms with Crippen LogP contribution in [0.5, 0.6) is 0 Å². The minimum atomic E-state index is -0.633. The van der Waals surface area contributed by atoms with Crippen molar-refractivity contribution in [2.75, 3.05) is 31.0 Å². The summed E-state index contributed by atoms with van der Waals surface area (Å²) < 4.78 is 9.80. The van der Waals surface area contributed by atoms with Crippen LogP contribution in [0.1, 0.15) is 36.6 Å². The fraction of sp³-hybridized carbons (Fsp3) is 0.154. The number of nitrogens with zero attached hydrogens (tertiary/aromatic N) is 1. The Morgan fingerprint density at radius 1 is 0.800 bits per heavy atom. The number of rotatable bonds is 8. The van der Waals surface area contributed by atoms with E-state index in [1.54, 1.807) is 72.8 Å². The molecule has 178 valence electrons. The van der Waals surface area contributed by atoms with E-state index in [-0.39, 0.29) is 37.5 Å². The molecule has 1 heterocycles. The normalized spacial score (nSPS) is 12.3. The lowest BCUT2D eigenvalue weighted by Gasteiger charge is -2.14. The molecule has 0 aromatic heterocycles. The second kappa shape index (κ2) is 10.6. The van der Waals surface area contributed by atoms with E-state index in [4.69, 9.17) is 9.47 Å². The Kier molecular flexibility index (Phi) is 7.18. The number of hydrogen-bond donors (Lipinski definition) is 2. The lowest BCUT2D eigenvalue weighted by molar-refractivity contribution is 0.0642. The SMILES string of the molecule is COCCOC(=O)Nc1cccc(NC(=O)c2cccc(CN3C(=O)c4ccccc4C3=O)c2)c1. The van der Waals surface area contributed by atoms with Gasteiger partial charge in [0.2, 0.25) is 0 Å². The van der Waals surface area contributed by atoms with Gasteiger partial charge < -0.3 is 14.8 Å². The summed E-state index contributed by atoms with van der Waals surface area (Å²) in [6.07, 6.45) is -0.633. The van der Waals surface area contributed by atoms with Gasteiger partial charge in [0.25, 0.3) is 17.7 Å². The lowest BCUT2D eigenvalue weighted by atomic mass is 10.1. The largest absolute Gasteiger partial charge is 0.447 e. The van der Waals surface area contributed by atoms with Gasteiger partial charge in [0.05, 0.1) is 24.3 Å². The molecule has 0 aliphatic carbocycles. The highest BCUT2D eigenvalue weighted by Gasteiger charge is 2.35. The third-order valence-electron chi connectivity index (χ3n) is 5.30. The Hall–Kier alpha value is -4.50. The molecule has 0 saturated heterocycles. The van der Waals surface area contributed by atoms with E-state index in [9.17, 15) is 19.2 Å². The fourth-order valence-corrected chi connectivity index (χ4v) is 3.63. The second-order valence-corrected chi connectivity index (χ2v) is 7.73. The first-order valence-corrected chi connectivity index (χ1v) is 10.8. The van der Waals surface area contributed by atoms with Crippen molar-refractivity contribution in [2.24, 2.45) is 0 Å². The van der Waals surface area contributed by atoms with Crippen molar-refractivity contribution in [2.45, 2.75) is 6.54 Å². The molecule has 0 fully saturated rings. The molecule has 35 heavy (non-hydrogen) atoms. The van der Waals surface area contributed by atoms with Crippen molar-refractivity contribution in [3.8, 4) is 0 Å². The van der Waals surface area contributed by atoms with Crippen molar-refractivity contribution in [1.29, 1.82) is 0 Å². The Morgan fingerprint density at radius 3 is 2.14 bits per heavy atom. The van der Waals surface area contributed by atoms with Crippen molar-refractivity contribution >= 4 is 35.2 Å². The molecule has 0 radical (unpaired) electrons. The number of fused-ring (bicyclic) bond motifs is 1. The predicted molar refractivity (Wildman–Crippen MR) is 128 cm³/mol. The van der Waals surface area contributed by atoms with Gasteiger partial charge in [-0.1, -0.05) is 30.3 Å². The first-order chi connectivity index (χ1) is 17.0. The Bertz CT molecular complexity index is 1250. The molecule has 1 aliphatic rings. The zero-order chi connectivity index (χ0) is 24.8. The van der Waals surface area contributed by atoms with Gasteiger partial charge in [0, 0.05) is 24.0 Å². The summed E-state index contributed by atoms with van der Waals surface area (Å²) in [6, 6.07) is 20.0. The maximum Gasteiger partial charge on any atom is 0.411 e. The van der Waals surface area contributed by atoms with E-state index in [0.29, 0.717) is 33.6 Å². The Balaban J connectivity index is 1.40. The van der Waals surface area contributed by atoms with Gasteiger partial charge >= 0.3 is 6.09 Å².